The highest BCUT2D eigenvalue weighted by Gasteiger charge is 2.36. The van der Waals surface area contributed by atoms with E-state index in [1.54, 1.807) is 57.0 Å². The van der Waals surface area contributed by atoms with Gasteiger partial charge in [0.2, 0.25) is 15.9 Å². The summed E-state index contributed by atoms with van der Waals surface area (Å²) >= 11 is 0. The second-order valence-corrected chi connectivity index (χ2v) is 8.92. The molecule has 1 aliphatic rings. The summed E-state index contributed by atoms with van der Waals surface area (Å²) < 4.78 is 34.5. The Labute approximate surface area is 165 Å². The van der Waals surface area contributed by atoms with E-state index in [4.69, 9.17) is 4.74 Å². The lowest BCUT2D eigenvalue weighted by Gasteiger charge is -2.31. The number of nitrogens with one attached hydrogen (secondary N) is 1. The van der Waals surface area contributed by atoms with E-state index in [1.807, 2.05) is 0 Å². The lowest BCUT2D eigenvalue weighted by molar-refractivity contribution is -0.120. The van der Waals surface area contributed by atoms with Gasteiger partial charge >= 0.3 is 0 Å². The first-order valence-electron chi connectivity index (χ1n) is 9.19. The molecule has 3 rings (SSSR count). The maximum Gasteiger partial charge on any atom is 0.246 e. The minimum atomic E-state index is -3.70. The lowest BCUT2D eigenvalue weighted by atomic mass is 9.98. The number of nitrogens with zero attached hydrogens (tertiary/aromatic N) is 3. The number of rotatable bonds is 5. The fraction of sp³-hybridized carbons (Fsp3) is 0.474. The molecule has 1 aromatic carbocycles. The summed E-state index contributed by atoms with van der Waals surface area (Å²) in [7, 11) is -0.416. The van der Waals surface area contributed by atoms with Crippen LogP contribution in [0.4, 0.5) is 5.69 Å². The van der Waals surface area contributed by atoms with Gasteiger partial charge in [-0.25, -0.2) is 8.42 Å². The van der Waals surface area contributed by atoms with Crippen LogP contribution in [0.2, 0.25) is 0 Å². The number of anilines is 1. The van der Waals surface area contributed by atoms with Gasteiger partial charge in [0.15, 0.2) is 0 Å². The fourth-order valence-corrected chi connectivity index (χ4v) is 5.50. The van der Waals surface area contributed by atoms with Crippen molar-refractivity contribution in [2.75, 3.05) is 25.5 Å². The van der Waals surface area contributed by atoms with Crippen molar-refractivity contribution < 1.29 is 17.9 Å². The Balaban J connectivity index is 1.77. The molecule has 28 heavy (non-hydrogen) atoms. The predicted molar refractivity (Wildman–Crippen MR) is 106 cm³/mol. The molecule has 1 aromatic heterocycles. The Morgan fingerprint density at radius 3 is 2.71 bits per heavy atom. The van der Waals surface area contributed by atoms with Crippen LogP contribution >= 0.6 is 0 Å². The molecule has 1 saturated heterocycles. The number of piperidine rings is 1. The molecule has 2 heterocycles. The molecule has 1 fully saturated rings. The van der Waals surface area contributed by atoms with E-state index >= 15 is 0 Å². The molecule has 0 saturated carbocycles. The number of benzene rings is 1. The minimum absolute atomic E-state index is 0.159. The molecule has 1 aliphatic heterocycles. The fourth-order valence-electron chi connectivity index (χ4n) is 3.58. The van der Waals surface area contributed by atoms with Crippen LogP contribution in [0.3, 0.4) is 0 Å². The van der Waals surface area contributed by atoms with Gasteiger partial charge in [-0.15, -0.1) is 0 Å². The third kappa shape index (κ3) is 3.90. The molecule has 8 nitrogen and oxygen atoms in total. The van der Waals surface area contributed by atoms with Gasteiger partial charge in [0.25, 0.3) is 0 Å². The van der Waals surface area contributed by atoms with Gasteiger partial charge in [0.1, 0.15) is 10.6 Å². The third-order valence-electron chi connectivity index (χ3n) is 5.13. The monoisotopic (exact) mass is 406 g/mol. The number of sulfonamides is 1. The predicted octanol–water partition coefficient (Wildman–Crippen LogP) is 2.08. The SMILES string of the molecule is COc1cccc(NC(=O)C2CCCN(S(=O)(=O)c3c(C)nn(C)c3C)C2)c1. The molecule has 0 radical (unpaired) electrons. The van der Waals surface area contributed by atoms with Gasteiger partial charge in [0, 0.05) is 31.9 Å². The van der Waals surface area contributed by atoms with Gasteiger partial charge in [-0.1, -0.05) is 6.07 Å². The van der Waals surface area contributed by atoms with Gasteiger partial charge < -0.3 is 10.1 Å². The van der Waals surface area contributed by atoms with Crippen LogP contribution in [0, 0.1) is 19.8 Å². The largest absolute Gasteiger partial charge is 0.497 e. The van der Waals surface area contributed by atoms with Crippen LogP contribution in [0.5, 0.6) is 5.75 Å². The van der Waals surface area contributed by atoms with E-state index in [0.717, 1.165) is 0 Å². The van der Waals surface area contributed by atoms with Gasteiger partial charge in [-0.2, -0.15) is 9.40 Å². The minimum Gasteiger partial charge on any atom is -0.497 e. The lowest BCUT2D eigenvalue weighted by Crippen LogP contribution is -2.44. The van der Waals surface area contributed by atoms with Crippen molar-refractivity contribution in [1.82, 2.24) is 14.1 Å². The van der Waals surface area contributed by atoms with Gasteiger partial charge in [-0.05, 0) is 38.8 Å². The number of hydrogen-bond acceptors (Lipinski definition) is 5. The highest BCUT2D eigenvalue weighted by atomic mass is 32.2. The average Bonchev–Trinajstić information content (AvgIpc) is 2.94. The Morgan fingerprint density at radius 2 is 2.07 bits per heavy atom. The summed E-state index contributed by atoms with van der Waals surface area (Å²) in [6.07, 6.45) is 1.28. The summed E-state index contributed by atoms with van der Waals surface area (Å²) in [6.45, 7) is 3.99. The molecule has 9 heteroatoms. The molecule has 0 bridgehead atoms. The van der Waals surface area contributed by atoms with Crippen molar-refractivity contribution in [3.8, 4) is 5.75 Å². The number of aromatic nitrogens is 2. The molecule has 0 aliphatic carbocycles. The summed E-state index contributed by atoms with van der Waals surface area (Å²) in [6, 6.07) is 7.10. The second-order valence-electron chi connectivity index (χ2n) is 7.05. The van der Waals surface area contributed by atoms with Crippen LogP contribution < -0.4 is 10.1 Å². The standard InChI is InChI=1S/C19H26N4O4S/c1-13-18(14(2)22(3)21-13)28(25,26)23-10-6-7-15(12-23)19(24)20-16-8-5-9-17(11-16)27-4/h5,8-9,11,15H,6-7,10,12H2,1-4H3,(H,20,24). The van der Waals surface area contributed by atoms with E-state index in [0.29, 0.717) is 42.2 Å². The van der Waals surface area contributed by atoms with Crippen molar-refractivity contribution in [2.45, 2.75) is 31.6 Å². The summed E-state index contributed by atoms with van der Waals surface area (Å²) in [5, 5.41) is 7.09. The van der Waals surface area contributed by atoms with Crippen molar-refractivity contribution in [3.05, 3.63) is 35.7 Å². The number of ether oxygens (including phenoxy) is 1. The number of hydrogen-bond donors (Lipinski definition) is 1. The summed E-state index contributed by atoms with van der Waals surface area (Å²) in [4.78, 5) is 13.0. The van der Waals surface area contributed by atoms with Gasteiger partial charge in [0.05, 0.1) is 24.4 Å². The van der Waals surface area contributed by atoms with Crippen LogP contribution in [0.25, 0.3) is 0 Å². The van der Waals surface area contributed by atoms with E-state index < -0.39 is 15.9 Å². The van der Waals surface area contributed by atoms with E-state index in [2.05, 4.69) is 10.4 Å². The maximum atomic E-state index is 13.2. The molecule has 1 unspecified atom stereocenters. The molecular weight excluding hydrogens is 380 g/mol. The van der Waals surface area contributed by atoms with Crippen LogP contribution in [-0.2, 0) is 21.9 Å². The molecular formula is C19H26N4O4S. The smallest absolute Gasteiger partial charge is 0.246 e. The average molecular weight is 407 g/mol. The van der Waals surface area contributed by atoms with Crippen molar-refractivity contribution in [2.24, 2.45) is 13.0 Å². The van der Waals surface area contributed by atoms with Crippen LogP contribution in [0.1, 0.15) is 24.2 Å². The number of aryl methyl sites for hydroxylation is 2. The molecule has 1 atom stereocenters. The third-order valence-corrected chi connectivity index (χ3v) is 7.25. The first-order chi connectivity index (χ1) is 13.2. The van der Waals surface area contributed by atoms with E-state index in [9.17, 15) is 13.2 Å². The molecule has 0 spiro atoms. The van der Waals surface area contributed by atoms with Crippen molar-refractivity contribution in [3.63, 3.8) is 0 Å². The number of carbonyl (C=O) groups excluding carboxylic acids is 1. The topological polar surface area (TPSA) is 93.5 Å². The normalized spacial score (nSPS) is 18.1. The van der Waals surface area contributed by atoms with Crippen LogP contribution in [-0.4, -0.2) is 48.6 Å². The highest BCUT2D eigenvalue weighted by Crippen LogP contribution is 2.28. The number of amides is 1. The Hall–Kier alpha value is -2.39. The van der Waals surface area contributed by atoms with E-state index in [-0.39, 0.29) is 17.3 Å². The Bertz CT molecular complexity index is 984. The first kappa shape index (κ1) is 20.3. The zero-order chi connectivity index (χ0) is 20.5. The van der Waals surface area contributed by atoms with Crippen LogP contribution in [0.15, 0.2) is 29.2 Å². The zero-order valence-electron chi connectivity index (χ0n) is 16.6. The second kappa shape index (κ2) is 7.92. The molecule has 2 aromatic rings. The highest BCUT2D eigenvalue weighted by molar-refractivity contribution is 7.89. The summed E-state index contributed by atoms with van der Waals surface area (Å²) in [5.41, 5.74) is 1.70. The van der Waals surface area contributed by atoms with E-state index in [1.165, 1.54) is 4.31 Å². The molecule has 1 N–H and O–H groups in total. The number of carbonyl (C=O) groups is 1. The van der Waals surface area contributed by atoms with Gasteiger partial charge in [-0.3, -0.25) is 9.48 Å². The zero-order valence-corrected chi connectivity index (χ0v) is 17.4. The van der Waals surface area contributed by atoms with Crippen molar-refractivity contribution >= 4 is 21.6 Å². The number of methoxy groups -OCH3 is 1. The molecule has 152 valence electrons. The quantitative estimate of drug-likeness (QED) is 0.821. The van der Waals surface area contributed by atoms with Crippen molar-refractivity contribution in [1.29, 1.82) is 0 Å². The Morgan fingerprint density at radius 1 is 1.32 bits per heavy atom. The Kier molecular flexibility index (Phi) is 5.76. The summed E-state index contributed by atoms with van der Waals surface area (Å²) in [5.74, 6) is 0.0490. The molecule has 1 amide bonds. The maximum absolute atomic E-state index is 13.2. The first-order valence-corrected chi connectivity index (χ1v) is 10.6.